The molecule has 0 saturated heterocycles. The summed E-state index contributed by atoms with van der Waals surface area (Å²) >= 11 is 0. The SMILES string of the molecule is CC(=O)C(NC(=O)C1=NOC2(CCC(CNc3ccccn3)CC2)C1)NS(=O)(=O)c1ccccc1. The Bertz CT molecular complexity index is 1180. The summed E-state index contributed by atoms with van der Waals surface area (Å²) in [6, 6.07) is 13.4. The highest BCUT2D eigenvalue weighted by molar-refractivity contribution is 7.89. The summed E-state index contributed by atoms with van der Waals surface area (Å²) in [6.45, 7) is 2.01. The zero-order valence-electron chi connectivity index (χ0n) is 19.4. The van der Waals surface area contributed by atoms with Crippen LogP contribution in [0.2, 0.25) is 0 Å². The molecule has 0 radical (unpaired) electrons. The van der Waals surface area contributed by atoms with Crippen molar-refractivity contribution in [2.24, 2.45) is 11.1 Å². The topological polar surface area (TPSA) is 139 Å². The fraction of sp³-hybridized carbons (Fsp3) is 0.417. The first-order chi connectivity index (χ1) is 16.8. The van der Waals surface area contributed by atoms with Crippen molar-refractivity contribution in [1.82, 2.24) is 15.0 Å². The van der Waals surface area contributed by atoms with Gasteiger partial charge in [0, 0.05) is 19.2 Å². The highest BCUT2D eigenvalue weighted by atomic mass is 32.2. The Morgan fingerprint density at radius 2 is 1.83 bits per heavy atom. The summed E-state index contributed by atoms with van der Waals surface area (Å²) in [5.74, 6) is 0.124. The molecule has 4 rings (SSSR count). The van der Waals surface area contributed by atoms with Crippen LogP contribution >= 0.6 is 0 Å². The third kappa shape index (κ3) is 6.23. The summed E-state index contributed by atoms with van der Waals surface area (Å²) in [7, 11) is -4.00. The van der Waals surface area contributed by atoms with E-state index < -0.39 is 33.5 Å². The molecule has 10 nitrogen and oxygen atoms in total. The Morgan fingerprint density at radius 1 is 1.11 bits per heavy atom. The van der Waals surface area contributed by atoms with Gasteiger partial charge in [0.05, 0.1) is 4.90 Å². The molecule has 35 heavy (non-hydrogen) atoms. The van der Waals surface area contributed by atoms with Crippen LogP contribution in [0.5, 0.6) is 0 Å². The molecule has 1 aliphatic carbocycles. The van der Waals surface area contributed by atoms with Gasteiger partial charge in [0.25, 0.3) is 5.91 Å². The average molecular weight is 500 g/mol. The predicted octanol–water partition coefficient (Wildman–Crippen LogP) is 2.21. The maximum absolute atomic E-state index is 12.8. The Morgan fingerprint density at radius 3 is 2.49 bits per heavy atom. The number of Topliss-reactive ketones (excluding diaryl/α,β-unsaturated/α-hetero) is 1. The van der Waals surface area contributed by atoms with E-state index in [0.29, 0.717) is 12.3 Å². The van der Waals surface area contributed by atoms with Crippen LogP contribution in [0.1, 0.15) is 39.0 Å². The number of pyridine rings is 1. The number of anilines is 1. The number of rotatable bonds is 9. The number of aromatic nitrogens is 1. The van der Waals surface area contributed by atoms with Crippen molar-refractivity contribution in [2.75, 3.05) is 11.9 Å². The normalized spacial score (nSPS) is 22.7. The fourth-order valence-electron chi connectivity index (χ4n) is 4.29. The third-order valence-corrected chi connectivity index (χ3v) is 7.80. The van der Waals surface area contributed by atoms with Crippen LogP contribution < -0.4 is 15.4 Å². The number of benzene rings is 1. The molecule has 2 heterocycles. The predicted molar refractivity (Wildman–Crippen MR) is 130 cm³/mol. The molecule has 1 spiro atoms. The molecule has 1 atom stereocenters. The van der Waals surface area contributed by atoms with Gasteiger partial charge < -0.3 is 15.5 Å². The molecule has 2 aromatic rings. The van der Waals surface area contributed by atoms with Crippen LogP contribution in [0.25, 0.3) is 0 Å². The molecule has 0 bridgehead atoms. The largest absolute Gasteiger partial charge is 0.388 e. The minimum Gasteiger partial charge on any atom is -0.388 e. The average Bonchev–Trinajstić information content (AvgIpc) is 3.28. The van der Waals surface area contributed by atoms with Crippen molar-refractivity contribution in [3.63, 3.8) is 0 Å². The fourth-order valence-corrected chi connectivity index (χ4v) is 5.47. The number of carbonyl (C=O) groups excluding carboxylic acids is 2. The van der Waals surface area contributed by atoms with Crippen molar-refractivity contribution in [2.45, 2.75) is 55.7 Å². The van der Waals surface area contributed by atoms with Crippen molar-refractivity contribution in [3.05, 3.63) is 54.7 Å². The van der Waals surface area contributed by atoms with Crippen LogP contribution in [0.15, 0.2) is 64.8 Å². The van der Waals surface area contributed by atoms with Gasteiger partial charge in [-0.25, -0.2) is 13.4 Å². The Hall–Kier alpha value is -3.31. The van der Waals surface area contributed by atoms with Crippen LogP contribution in [-0.4, -0.2) is 49.1 Å². The zero-order valence-corrected chi connectivity index (χ0v) is 20.3. The van der Waals surface area contributed by atoms with Gasteiger partial charge in [0.15, 0.2) is 11.9 Å². The van der Waals surface area contributed by atoms with Gasteiger partial charge in [-0.3, -0.25) is 9.59 Å². The van der Waals surface area contributed by atoms with E-state index in [4.69, 9.17) is 4.84 Å². The molecule has 11 heteroatoms. The molecule has 1 unspecified atom stereocenters. The molecule has 3 N–H and O–H groups in total. The molecule has 1 fully saturated rings. The number of nitrogens with one attached hydrogen (secondary N) is 3. The number of hydrogen-bond donors (Lipinski definition) is 3. The number of ketones is 1. The minimum atomic E-state index is -4.00. The molecular formula is C24H29N5O5S. The number of oxime groups is 1. The second-order valence-electron chi connectivity index (χ2n) is 8.98. The van der Waals surface area contributed by atoms with Crippen molar-refractivity contribution in [1.29, 1.82) is 0 Å². The van der Waals surface area contributed by atoms with Crippen molar-refractivity contribution < 1.29 is 22.8 Å². The van der Waals surface area contributed by atoms with Gasteiger partial charge in [0.1, 0.15) is 17.1 Å². The van der Waals surface area contributed by atoms with Gasteiger partial charge in [0.2, 0.25) is 10.0 Å². The highest BCUT2D eigenvalue weighted by Gasteiger charge is 2.44. The molecule has 1 saturated carbocycles. The molecule has 186 valence electrons. The van der Waals surface area contributed by atoms with Crippen LogP contribution in [0.4, 0.5) is 5.82 Å². The van der Waals surface area contributed by atoms with E-state index in [2.05, 4.69) is 25.5 Å². The molecule has 2 aliphatic rings. The lowest BCUT2D eigenvalue weighted by Gasteiger charge is -2.35. The quantitative estimate of drug-likeness (QED) is 0.450. The lowest BCUT2D eigenvalue weighted by molar-refractivity contribution is -0.123. The van der Waals surface area contributed by atoms with E-state index in [9.17, 15) is 18.0 Å². The number of carbonyl (C=O) groups is 2. The van der Waals surface area contributed by atoms with Gasteiger partial charge in [-0.1, -0.05) is 29.4 Å². The summed E-state index contributed by atoms with van der Waals surface area (Å²) < 4.78 is 27.4. The van der Waals surface area contributed by atoms with Gasteiger partial charge in [-0.05, 0) is 62.8 Å². The first-order valence-corrected chi connectivity index (χ1v) is 13.0. The van der Waals surface area contributed by atoms with Crippen LogP contribution in [-0.2, 0) is 24.4 Å². The van der Waals surface area contributed by atoms with E-state index >= 15 is 0 Å². The highest BCUT2D eigenvalue weighted by Crippen LogP contribution is 2.40. The number of nitrogens with zero attached hydrogens (tertiary/aromatic N) is 2. The van der Waals surface area contributed by atoms with E-state index in [1.807, 2.05) is 18.2 Å². The van der Waals surface area contributed by atoms with Crippen molar-refractivity contribution in [3.8, 4) is 0 Å². The molecule has 1 aliphatic heterocycles. The monoisotopic (exact) mass is 499 g/mol. The van der Waals surface area contributed by atoms with E-state index in [1.54, 1.807) is 24.4 Å². The maximum Gasteiger partial charge on any atom is 0.270 e. The van der Waals surface area contributed by atoms with E-state index in [0.717, 1.165) is 38.0 Å². The minimum absolute atomic E-state index is 0.00436. The summed E-state index contributed by atoms with van der Waals surface area (Å²) in [5, 5.41) is 9.79. The summed E-state index contributed by atoms with van der Waals surface area (Å²) in [5.41, 5.74) is -0.385. The Balaban J connectivity index is 1.29. The Labute approximate surface area is 204 Å². The second kappa shape index (κ2) is 10.5. The van der Waals surface area contributed by atoms with Crippen LogP contribution in [0.3, 0.4) is 0 Å². The molecular weight excluding hydrogens is 470 g/mol. The first-order valence-electron chi connectivity index (χ1n) is 11.5. The lowest BCUT2D eigenvalue weighted by atomic mass is 9.76. The second-order valence-corrected chi connectivity index (χ2v) is 10.7. The van der Waals surface area contributed by atoms with Gasteiger partial charge in [-0.2, -0.15) is 4.72 Å². The van der Waals surface area contributed by atoms with E-state index in [1.165, 1.54) is 19.1 Å². The summed E-state index contributed by atoms with van der Waals surface area (Å²) in [6.07, 6.45) is 3.97. The van der Waals surface area contributed by atoms with E-state index in [-0.39, 0.29) is 10.6 Å². The number of amides is 1. The zero-order chi connectivity index (χ0) is 24.9. The number of sulfonamides is 1. The lowest BCUT2D eigenvalue weighted by Crippen LogP contribution is -2.53. The third-order valence-electron chi connectivity index (χ3n) is 6.36. The number of hydrogen-bond acceptors (Lipinski definition) is 8. The standard InChI is InChI=1S/C24H29N5O5S/c1-17(30)22(29-35(32,33)19-7-3-2-4-8-19)27-23(31)20-15-24(34-28-20)12-10-18(11-13-24)16-26-21-9-5-6-14-25-21/h2-9,14,18,22,29H,10-13,15-16H2,1H3,(H,25,26)(H,27,31). The van der Waals surface area contributed by atoms with Gasteiger partial charge >= 0.3 is 0 Å². The smallest absolute Gasteiger partial charge is 0.270 e. The maximum atomic E-state index is 12.8. The summed E-state index contributed by atoms with van der Waals surface area (Å²) in [4.78, 5) is 34.9. The Kier molecular flexibility index (Phi) is 7.46. The molecule has 1 aromatic carbocycles. The van der Waals surface area contributed by atoms with Gasteiger partial charge in [-0.15, -0.1) is 0 Å². The molecule has 1 aromatic heterocycles. The first kappa shape index (κ1) is 24.8. The van der Waals surface area contributed by atoms with Crippen LogP contribution in [0, 0.1) is 5.92 Å². The molecule has 1 amide bonds. The van der Waals surface area contributed by atoms with Crippen molar-refractivity contribution >= 4 is 33.2 Å².